The molecule has 5 rings (SSSR count). The molecule has 9 heteroatoms. The van der Waals surface area contributed by atoms with Crippen LogP contribution in [-0.4, -0.2) is 86.5 Å². The number of piperazine rings is 1. The van der Waals surface area contributed by atoms with Gasteiger partial charge >= 0.3 is 0 Å². The summed E-state index contributed by atoms with van der Waals surface area (Å²) in [5.74, 6) is 1.10. The molecule has 0 radical (unpaired) electrons. The van der Waals surface area contributed by atoms with Crippen LogP contribution in [0.5, 0.6) is 17.2 Å². The van der Waals surface area contributed by atoms with Gasteiger partial charge in [-0.05, 0) is 24.3 Å². The number of fused-ring (bicyclic) bond motifs is 5. The van der Waals surface area contributed by atoms with Crippen LogP contribution in [0.1, 0.15) is 12.0 Å². The number of likely N-dealkylation sites (tertiary alicyclic amines) is 1. The predicted octanol–water partition coefficient (Wildman–Crippen LogP) is 1.16. The lowest BCUT2D eigenvalue weighted by atomic mass is 9.85. The van der Waals surface area contributed by atoms with Gasteiger partial charge < -0.3 is 19.1 Å². The molecule has 182 valence electrons. The third kappa shape index (κ3) is 3.62. The van der Waals surface area contributed by atoms with Crippen molar-refractivity contribution < 1.29 is 28.6 Å². The standard InChI is InChI=1S/C25H31N3O6/c1-32-18-7-6-17(22(33-2)23(18)34-3)13-26-8-10-27(11-9-26)19(29)14-28-24(30)20-15-4-5-16(12-15)21(20)25(28)31/h4-7,15-16,20-21H,8-14H2,1-3H3/t15-,16-,20-,21+/m0/s1. The number of allylic oxidation sites excluding steroid dienone is 2. The first-order chi connectivity index (χ1) is 16.5. The summed E-state index contributed by atoms with van der Waals surface area (Å²) in [6, 6.07) is 3.82. The molecule has 0 unspecified atom stereocenters. The molecule has 1 saturated carbocycles. The minimum absolute atomic E-state index is 0.145. The summed E-state index contributed by atoms with van der Waals surface area (Å²) in [6.07, 6.45) is 5.02. The summed E-state index contributed by atoms with van der Waals surface area (Å²) in [6.45, 7) is 2.96. The molecule has 3 amide bonds. The number of amides is 3. The van der Waals surface area contributed by atoms with Crippen molar-refractivity contribution in [3.8, 4) is 17.2 Å². The number of carbonyl (C=O) groups excluding carboxylic acids is 3. The van der Waals surface area contributed by atoms with E-state index in [1.807, 2.05) is 12.1 Å². The van der Waals surface area contributed by atoms with E-state index in [0.29, 0.717) is 50.0 Å². The highest BCUT2D eigenvalue weighted by Gasteiger charge is 2.59. The zero-order valence-corrected chi connectivity index (χ0v) is 19.9. The van der Waals surface area contributed by atoms with E-state index in [0.717, 1.165) is 12.0 Å². The molecular weight excluding hydrogens is 438 g/mol. The Kier molecular flexibility index (Phi) is 5.97. The first-order valence-corrected chi connectivity index (χ1v) is 11.8. The molecule has 0 spiro atoms. The Labute approximate surface area is 199 Å². The number of carbonyl (C=O) groups is 3. The van der Waals surface area contributed by atoms with Gasteiger partial charge in [0, 0.05) is 38.3 Å². The first kappa shape index (κ1) is 22.7. The smallest absolute Gasteiger partial charge is 0.242 e. The van der Waals surface area contributed by atoms with Crippen molar-refractivity contribution in [1.29, 1.82) is 0 Å². The van der Waals surface area contributed by atoms with Gasteiger partial charge in [-0.15, -0.1) is 0 Å². The third-order valence-electron chi connectivity index (χ3n) is 7.76. The molecule has 2 aliphatic heterocycles. The van der Waals surface area contributed by atoms with E-state index in [9.17, 15) is 14.4 Å². The lowest BCUT2D eigenvalue weighted by Gasteiger charge is -2.35. The summed E-state index contributed by atoms with van der Waals surface area (Å²) in [5.41, 5.74) is 0.975. The molecule has 2 aliphatic carbocycles. The molecule has 3 fully saturated rings. The van der Waals surface area contributed by atoms with Gasteiger partial charge in [0.25, 0.3) is 0 Å². The zero-order chi connectivity index (χ0) is 24.0. The number of imide groups is 1. The van der Waals surface area contributed by atoms with E-state index in [2.05, 4.69) is 17.1 Å². The van der Waals surface area contributed by atoms with E-state index in [-0.39, 0.29) is 47.9 Å². The van der Waals surface area contributed by atoms with Crippen molar-refractivity contribution >= 4 is 17.7 Å². The molecule has 2 saturated heterocycles. The molecular formula is C25H31N3O6. The lowest BCUT2D eigenvalue weighted by molar-refractivity contribution is -0.147. The molecule has 1 aromatic carbocycles. The van der Waals surface area contributed by atoms with E-state index >= 15 is 0 Å². The number of benzene rings is 1. The van der Waals surface area contributed by atoms with E-state index in [1.54, 1.807) is 26.2 Å². The number of hydrogen-bond donors (Lipinski definition) is 0. The maximum absolute atomic E-state index is 13.0. The normalized spacial score (nSPS) is 28.0. The summed E-state index contributed by atoms with van der Waals surface area (Å²) < 4.78 is 16.4. The molecule has 2 bridgehead atoms. The minimum atomic E-state index is -0.261. The zero-order valence-electron chi connectivity index (χ0n) is 19.9. The van der Waals surface area contributed by atoms with Gasteiger partial charge in [-0.2, -0.15) is 0 Å². The van der Waals surface area contributed by atoms with Crippen molar-refractivity contribution in [3.05, 3.63) is 29.8 Å². The largest absolute Gasteiger partial charge is 0.493 e. The van der Waals surface area contributed by atoms with Crippen LogP contribution in [0.25, 0.3) is 0 Å². The first-order valence-electron chi connectivity index (χ1n) is 11.8. The number of rotatable bonds is 7. The van der Waals surface area contributed by atoms with Gasteiger partial charge in [-0.1, -0.05) is 18.2 Å². The Morgan fingerprint density at radius 1 is 0.882 bits per heavy atom. The average Bonchev–Trinajstić information content (AvgIpc) is 3.54. The second kappa shape index (κ2) is 8.94. The maximum Gasteiger partial charge on any atom is 0.242 e. The fourth-order valence-corrected chi connectivity index (χ4v) is 6.04. The molecule has 9 nitrogen and oxygen atoms in total. The second-order valence-electron chi connectivity index (χ2n) is 9.41. The summed E-state index contributed by atoms with van der Waals surface area (Å²) >= 11 is 0. The van der Waals surface area contributed by atoms with Gasteiger partial charge in [-0.25, -0.2) is 0 Å². The van der Waals surface area contributed by atoms with Gasteiger partial charge in [-0.3, -0.25) is 24.2 Å². The van der Waals surface area contributed by atoms with E-state index in [1.165, 1.54) is 4.90 Å². The highest BCUT2D eigenvalue weighted by Crippen LogP contribution is 2.52. The molecule has 4 atom stereocenters. The van der Waals surface area contributed by atoms with Gasteiger partial charge in [0.1, 0.15) is 6.54 Å². The van der Waals surface area contributed by atoms with Crippen LogP contribution < -0.4 is 14.2 Å². The van der Waals surface area contributed by atoms with Crippen LogP contribution in [0, 0.1) is 23.7 Å². The van der Waals surface area contributed by atoms with Gasteiger partial charge in [0.2, 0.25) is 23.5 Å². The summed E-state index contributed by atoms with van der Waals surface area (Å²) in [4.78, 5) is 43.9. The quantitative estimate of drug-likeness (QED) is 0.437. The molecule has 34 heavy (non-hydrogen) atoms. The maximum atomic E-state index is 13.0. The highest BCUT2D eigenvalue weighted by molar-refractivity contribution is 6.08. The number of nitrogens with zero attached hydrogens (tertiary/aromatic N) is 3. The van der Waals surface area contributed by atoms with Crippen LogP contribution in [0.3, 0.4) is 0 Å². The van der Waals surface area contributed by atoms with Crippen LogP contribution in [-0.2, 0) is 20.9 Å². The fourth-order valence-electron chi connectivity index (χ4n) is 6.04. The highest BCUT2D eigenvalue weighted by atomic mass is 16.5. The molecule has 2 heterocycles. The molecule has 0 aromatic heterocycles. The van der Waals surface area contributed by atoms with Crippen molar-refractivity contribution in [2.45, 2.75) is 13.0 Å². The van der Waals surface area contributed by atoms with Crippen LogP contribution >= 0.6 is 0 Å². The molecule has 1 aromatic rings. The Hall–Kier alpha value is -3.07. The topological polar surface area (TPSA) is 88.6 Å². The Bertz CT molecular complexity index is 1000. The van der Waals surface area contributed by atoms with E-state index in [4.69, 9.17) is 14.2 Å². The van der Waals surface area contributed by atoms with Crippen molar-refractivity contribution in [1.82, 2.24) is 14.7 Å². The van der Waals surface area contributed by atoms with Crippen molar-refractivity contribution in [2.24, 2.45) is 23.7 Å². The summed E-state index contributed by atoms with van der Waals surface area (Å²) in [5, 5.41) is 0. The SMILES string of the molecule is COc1ccc(CN2CCN(C(=O)CN3C(=O)[C@@H]4[C@H](C3=O)[C@H]3C=C[C@H]4C3)CC2)c(OC)c1OC. The van der Waals surface area contributed by atoms with Crippen molar-refractivity contribution in [3.63, 3.8) is 0 Å². The predicted molar refractivity (Wildman–Crippen MR) is 122 cm³/mol. The Balaban J connectivity index is 1.18. The lowest BCUT2D eigenvalue weighted by Crippen LogP contribution is -2.51. The van der Waals surface area contributed by atoms with Crippen LogP contribution in [0.15, 0.2) is 24.3 Å². The van der Waals surface area contributed by atoms with Crippen LogP contribution in [0.4, 0.5) is 0 Å². The minimum Gasteiger partial charge on any atom is -0.493 e. The number of methoxy groups -OCH3 is 3. The third-order valence-corrected chi connectivity index (χ3v) is 7.76. The van der Waals surface area contributed by atoms with Gasteiger partial charge in [0.05, 0.1) is 33.2 Å². The summed E-state index contributed by atoms with van der Waals surface area (Å²) in [7, 11) is 4.77. The Morgan fingerprint density at radius 3 is 2.06 bits per heavy atom. The van der Waals surface area contributed by atoms with Crippen molar-refractivity contribution in [2.75, 3.05) is 54.1 Å². The number of ether oxygens (including phenoxy) is 3. The van der Waals surface area contributed by atoms with Gasteiger partial charge in [0.15, 0.2) is 11.5 Å². The molecule has 4 aliphatic rings. The van der Waals surface area contributed by atoms with Crippen LogP contribution in [0.2, 0.25) is 0 Å². The molecule has 0 N–H and O–H groups in total. The number of hydrogen-bond acceptors (Lipinski definition) is 7. The average molecular weight is 470 g/mol. The Morgan fingerprint density at radius 2 is 1.50 bits per heavy atom. The van der Waals surface area contributed by atoms with E-state index < -0.39 is 0 Å². The fraction of sp³-hybridized carbons (Fsp3) is 0.560. The second-order valence-corrected chi connectivity index (χ2v) is 9.41. The monoisotopic (exact) mass is 469 g/mol.